The molecule has 0 fully saturated rings. The van der Waals surface area contributed by atoms with Crippen molar-refractivity contribution in [2.45, 2.75) is 0 Å². The number of aromatic nitrogens is 3. The summed E-state index contributed by atoms with van der Waals surface area (Å²) in [4.78, 5) is 22.2. The van der Waals surface area contributed by atoms with Crippen molar-refractivity contribution in [2.24, 2.45) is 9.98 Å². The maximum Gasteiger partial charge on any atom is 0.163 e. The van der Waals surface area contributed by atoms with Crippen molar-refractivity contribution < 1.29 is 0 Å². The minimum Gasteiger partial charge on any atom is -0.368 e. The van der Waals surface area contributed by atoms with Gasteiger partial charge >= 0.3 is 0 Å². The molecule has 0 bridgehead atoms. The number of nitrogens with one attached hydrogen (secondary N) is 2. The van der Waals surface area contributed by atoms with E-state index in [1.165, 1.54) is 0 Å². The molecule has 2 aliphatic rings. The second-order valence-electron chi connectivity index (χ2n) is 6.60. The maximum absolute atomic E-state index is 4.65. The molecule has 0 amide bonds. The fourth-order valence-corrected chi connectivity index (χ4v) is 3.31. The van der Waals surface area contributed by atoms with Gasteiger partial charge in [0.25, 0.3) is 0 Å². The van der Waals surface area contributed by atoms with Crippen LogP contribution in [0.2, 0.25) is 0 Å². The number of amidine groups is 2. The normalized spacial score (nSPS) is 15.6. The van der Waals surface area contributed by atoms with Crippen molar-refractivity contribution in [3.63, 3.8) is 0 Å². The zero-order chi connectivity index (χ0) is 18.8. The van der Waals surface area contributed by atoms with Crippen molar-refractivity contribution >= 4 is 11.7 Å². The molecule has 0 unspecified atom stereocenters. The first kappa shape index (κ1) is 16.6. The molecule has 7 nitrogen and oxygen atoms in total. The van der Waals surface area contributed by atoms with Crippen LogP contribution in [0.25, 0.3) is 22.8 Å². The standard InChI is InChI=1S/C21H19N7/c1-5-16(6-2-14(1)18-22-9-10-23-18)20-26-13-27-21(28-20)17-7-3-15(4-8-17)19-24-11-12-25-19/h1-8,13H,9-12H2,(H,22,23)(H,24,25). The van der Waals surface area contributed by atoms with Crippen LogP contribution >= 0.6 is 0 Å². The highest BCUT2D eigenvalue weighted by atomic mass is 15.1. The molecule has 0 radical (unpaired) electrons. The molecule has 0 spiro atoms. The van der Waals surface area contributed by atoms with E-state index in [2.05, 4.69) is 35.6 Å². The number of rotatable bonds is 4. The summed E-state index contributed by atoms with van der Waals surface area (Å²) >= 11 is 0. The summed E-state index contributed by atoms with van der Waals surface area (Å²) < 4.78 is 0. The number of benzene rings is 2. The smallest absolute Gasteiger partial charge is 0.163 e. The van der Waals surface area contributed by atoms with Gasteiger partial charge in [-0.25, -0.2) is 15.0 Å². The molecule has 7 heteroatoms. The summed E-state index contributed by atoms with van der Waals surface area (Å²) in [5.41, 5.74) is 4.06. The third-order valence-corrected chi connectivity index (χ3v) is 4.75. The third-order valence-electron chi connectivity index (χ3n) is 4.75. The molecule has 0 atom stereocenters. The van der Waals surface area contributed by atoms with E-state index in [1.807, 2.05) is 48.5 Å². The predicted octanol–water partition coefficient (Wildman–Crippen LogP) is 1.91. The molecular weight excluding hydrogens is 350 g/mol. The summed E-state index contributed by atoms with van der Waals surface area (Å²) in [6.07, 6.45) is 1.56. The van der Waals surface area contributed by atoms with Crippen LogP contribution in [0.3, 0.4) is 0 Å². The Hall–Kier alpha value is -3.61. The highest BCUT2D eigenvalue weighted by molar-refractivity contribution is 6.00. The molecule has 2 N–H and O–H groups in total. The second kappa shape index (κ2) is 7.19. The van der Waals surface area contributed by atoms with Crippen LogP contribution in [0.4, 0.5) is 0 Å². The van der Waals surface area contributed by atoms with E-state index >= 15 is 0 Å². The highest BCUT2D eigenvalue weighted by Crippen LogP contribution is 2.20. The van der Waals surface area contributed by atoms with Gasteiger partial charge in [-0.15, -0.1) is 0 Å². The van der Waals surface area contributed by atoms with Gasteiger partial charge in [-0.2, -0.15) is 0 Å². The lowest BCUT2D eigenvalue weighted by molar-refractivity contribution is 0.960. The Morgan fingerprint density at radius 3 is 1.39 bits per heavy atom. The lowest BCUT2D eigenvalue weighted by Gasteiger charge is -2.07. The molecule has 138 valence electrons. The first-order valence-corrected chi connectivity index (χ1v) is 9.34. The minimum atomic E-state index is 0.656. The van der Waals surface area contributed by atoms with Gasteiger partial charge in [0.05, 0.1) is 13.1 Å². The molecule has 2 aromatic carbocycles. The van der Waals surface area contributed by atoms with Gasteiger partial charge in [-0.3, -0.25) is 9.98 Å². The summed E-state index contributed by atoms with van der Waals surface area (Å²) in [7, 11) is 0. The first-order valence-electron chi connectivity index (χ1n) is 9.34. The van der Waals surface area contributed by atoms with Gasteiger partial charge in [0, 0.05) is 35.3 Å². The third kappa shape index (κ3) is 3.22. The van der Waals surface area contributed by atoms with Crippen LogP contribution in [0.1, 0.15) is 11.1 Å². The van der Waals surface area contributed by atoms with Crippen molar-refractivity contribution in [1.29, 1.82) is 0 Å². The van der Waals surface area contributed by atoms with Gasteiger partial charge in [-0.05, 0) is 0 Å². The monoisotopic (exact) mass is 369 g/mol. The first-order chi connectivity index (χ1) is 13.9. The van der Waals surface area contributed by atoms with E-state index in [0.29, 0.717) is 11.6 Å². The van der Waals surface area contributed by atoms with Crippen LogP contribution in [0.5, 0.6) is 0 Å². The molecule has 0 saturated heterocycles. The Morgan fingerprint density at radius 1 is 0.571 bits per heavy atom. The maximum atomic E-state index is 4.65. The van der Waals surface area contributed by atoms with Gasteiger partial charge < -0.3 is 10.6 Å². The van der Waals surface area contributed by atoms with Crippen molar-refractivity contribution in [3.05, 3.63) is 66.0 Å². The summed E-state index contributed by atoms with van der Waals surface area (Å²) in [5, 5.41) is 6.57. The van der Waals surface area contributed by atoms with Crippen LogP contribution in [0.15, 0.2) is 64.8 Å². The zero-order valence-electron chi connectivity index (χ0n) is 15.3. The number of hydrogen-bond acceptors (Lipinski definition) is 7. The van der Waals surface area contributed by atoms with E-state index < -0.39 is 0 Å². The van der Waals surface area contributed by atoms with Crippen LogP contribution < -0.4 is 10.6 Å². The zero-order valence-corrected chi connectivity index (χ0v) is 15.3. The Kier molecular flexibility index (Phi) is 4.25. The van der Waals surface area contributed by atoms with E-state index in [0.717, 1.165) is 60.1 Å². The number of aliphatic imine (C=N–C) groups is 2. The average molecular weight is 369 g/mol. The molecule has 3 aromatic rings. The number of nitrogens with zero attached hydrogens (tertiary/aromatic N) is 5. The lowest BCUT2D eigenvalue weighted by Crippen LogP contribution is -2.19. The minimum absolute atomic E-state index is 0.656. The van der Waals surface area contributed by atoms with Crippen molar-refractivity contribution in [2.75, 3.05) is 26.2 Å². The van der Waals surface area contributed by atoms with Crippen LogP contribution in [-0.4, -0.2) is 52.8 Å². The van der Waals surface area contributed by atoms with E-state index in [-0.39, 0.29) is 0 Å². The van der Waals surface area contributed by atoms with Crippen molar-refractivity contribution in [1.82, 2.24) is 25.6 Å². The molecule has 28 heavy (non-hydrogen) atoms. The molecule has 5 rings (SSSR count). The number of hydrogen-bond donors (Lipinski definition) is 2. The fraction of sp³-hybridized carbons (Fsp3) is 0.190. The second-order valence-corrected chi connectivity index (χ2v) is 6.60. The van der Waals surface area contributed by atoms with E-state index in [1.54, 1.807) is 6.33 Å². The Bertz CT molecular complexity index is 970. The predicted molar refractivity (Wildman–Crippen MR) is 110 cm³/mol. The Balaban J connectivity index is 1.40. The molecule has 2 aliphatic heterocycles. The Morgan fingerprint density at radius 2 is 1.00 bits per heavy atom. The van der Waals surface area contributed by atoms with E-state index in [4.69, 9.17) is 0 Å². The van der Waals surface area contributed by atoms with Crippen LogP contribution in [-0.2, 0) is 0 Å². The molecule has 3 heterocycles. The van der Waals surface area contributed by atoms with Crippen LogP contribution in [0, 0.1) is 0 Å². The average Bonchev–Trinajstić information content (AvgIpc) is 3.49. The molecule has 0 saturated carbocycles. The Labute approximate surface area is 162 Å². The van der Waals surface area contributed by atoms with Gasteiger partial charge in [0.2, 0.25) is 0 Å². The molecule has 0 aliphatic carbocycles. The van der Waals surface area contributed by atoms with Gasteiger partial charge in [-0.1, -0.05) is 48.5 Å². The highest BCUT2D eigenvalue weighted by Gasteiger charge is 2.11. The SMILES string of the molecule is c1nc(-c2ccc(C3=NCCN3)cc2)nc(-c2ccc(C3=NCCN3)cc2)n1. The summed E-state index contributed by atoms with van der Waals surface area (Å²) in [6.45, 7) is 3.46. The quantitative estimate of drug-likeness (QED) is 0.733. The lowest BCUT2D eigenvalue weighted by atomic mass is 10.1. The van der Waals surface area contributed by atoms with Gasteiger partial charge in [0.1, 0.15) is 18.0 Å². The fourth-order valence-electron chi connectivity index (χ4n) is 3.31. The van der Waals surface area contributed by atoms with Crippen molar-refractivity contribution in [3.8, 4) is 22.8 Å². The summed E-state index contributed by atoms with van der Waals surface area (Å²) in [5.74, 6) is 3.21. The summed E-state index contributed by atoms with van der Waals surface area (Å²) in [6, 6.07) is 16.2. The van der Waals surface area contributed by atoms with E-state index in [9.17, 15) is 0 Å². The molecule has 1 aromatic heterocycles. The van der Waals surface area contributed by atoms with Gasteiger partial charge in [0.15, 0.2) is 11.6 Å². The molecular formula is C21H19N7. The topological polar surface area (TPSA) is 87.5 Å². The largest absolute Gasteiger partial charge is 0.368 e.